The molecule has 6 heteroatoms. The van der Waals surface area contributed by atoms with Crippen LogP contribution in [0, 0.1) is 0 Å². The Hall–Kier alpha value is -2.83. The maximum Gasteiger partial charge on any atom is 0.226 e. The zero-order valence-corrected chi connectivity index (χ0v) is 16.0. The van der Waals surface area contributed by atoms with Gasteiger partial charge in [-0.2, -0.15) is 0 Å². The number of Topliss-reactive ketones (excluding diaryl/α,β-unsaturated/α-hetero) is 1. The molecule has 0 fully saturated rings. The number of ketones is 1. The molecule has 2 aromatic carbocycles. The molecule has 0 saturated heterocycles. The lowest BCUT2D eigenvalue weighted by Crippen LogP contribution is -2.13. The molecule has 2 aromatic heterocycles. The van der Waals surface area contributed by atoms with E-state index in [1.807, 2.05) is 35.0 Å². The van der Waals surface area contributed by atoms with Gasteiger partial charge in [-0.25, -0.2) is 4.98 Å². The van der Waals surface area contributed by atoms with E-state index in [1.165, 1.54) is 28.1 Å². The average Bonchev–Trinajstić information content (AvgIpc) is 3.38. The van der Waals surface area contributed by atoms with Crippen molar-refractivity contribution in [1.29, 1.82) is 0 Å². The topological polar surface area (TPSA) is 59.1 Å². The third kappa shape index (κ3) is 4.13. The monoisotopic (exact) mass is 392 g/mol. The molecule has 0 bridgehead atoms. The smallest absolute Gasteiger partial charge is 0.226 e. The summed E-state index contributed by atoms with van der Waals surface area (Å²) in [6, 6.07) is 18.0. The Labute approximate surface area is 164 Å². The fourth-order valence-corrected chi connectivity index (χ4v) is 4.21. The molecule has 0 unspecified atom stereocenters. The zero-order chi connectivity index (χ0) is 18.6. The average molecular weight is 393 g/mol. The zero-order valence-electron chi connectivity index (χ0n) is 14.3. The van der Waals surface area contributed by atoms with Crippen molar-refractivity contribution in [3.63, 3.8) is 0 Å². The molecular formula is C21H16N2O2S2. The van der Waals surface area contributed by atoms with E-state index in [0.717, 1.165) is 16.6 Å². The van der Waals surface area contributed by atoms with Crippen molar-refractivity contribution in [3.05, 3.63) is 70.2 Å². The predicted octanol–water partition coefficient (Wildman–Crippen LogP) is 5.63. The summed E-state index contributed by atoms with van der Waals surface area (Å²) >= 11 is 2.78. The van der Waals surface area contributed by atoms with Crippen LogP contribution in [0.25, 0.3) is 22.0 Å². The number of hydrogen-bond acceptors (Lipinski definition) is 5. The highest BCUT2D eigenvalue weighted by molar-refractivity contribution is 7.14. The van der Waals surface area contributed by atoms with Gasteiger partial charge in [0.1, 0.15) is 0 Å². The Morgan fingerprint density at radius 1 is 0.926 bits per heavy atom. The first kappa shape index (κ1) is 17.6. The highest BCUT2D eigenvalue weighted by Gasteiger charge is 2.12. The summed E-state index contributed by atoms with van der Waals surface area (Å²) in [5, 5.41) is 9.46. The van der Waals surface area contributed by atoms with Gasteiger partial charge in [0.15, 0.2) is 10.9 Å². The highest BCUT2D eigenvalue weighted by Crippen LogP contribution is 2.28. The number of carbonyl (C=O) groups excluding carboxylic acids is 2. The van der Waals surface area contributed by atoms with Crippen LogP contribution in [-0.4, -0.2) is 16.7 Å². The summed E-state index contributed by atoms with van der Waals surface area (Å²) in [6.45, 7) is 0. The standard InChI is InChI=1S/C21H16N2O2S2/c24-18(19-6-3-11-26-19)9-10-20(25)23-21-22-17(13-27-21)16-8-7-14-4-1-2-5-15(14)12-16/h1-8,11-13H,9-10H2,(H,22,23,25). The molecule has 4 nitrogen and oxygen atoms in total. The molecule has 0 atom stereocenters. The number of amides is 1. The highest BCUT2D eigenvalue weighted by atomic mass is 32.1. The third-order valence-electron chi connectivity index (χ3n) is 4.17. The summed E-state index contributed by atoms with van der Waals surface area (Å²) in [5.41, 5.74) is 1.84. The second kappa shape index (κ2) is 7.82. The summed E-state index contributed by atoms with van der Waals surface area (Å²) < 4.78 is 0. The van der Waals surface area contributed by atoms with Crippen molar-refractivity contribution in [2.24, 2.45) is 0 Å². The number of thiophene rings is 1. The van der Waals surface area contributed by atoms with Crippen LogP contribution in [0.15, 0.2) is 65.4 Å². The van der Waals surface area contributed by atoms with Gasteiger partial charge in [0.05, 0.1) is 10.6 Å². The molecule has 0 spiro atoms. The van der Waals surface area contributed by atoms with Crippen molar-refractivity contribution in [2.45, 2.75) is 12.8 Å². The van der Waals surface area contributed by atoms with Gasteiger partial charge in [-0.05, 0) is 28.3 Å². The number of aromatic nitrogens is 1. The summed E-state index contributed by atoms with van der Waals surface area (Å²) in [7, 11) is 0. The number of nitrogens with zero attached hydrogens (tertiary/aromatic N) is 1. The third-order valence-corrected chi connectivity index (χ3v) is 5.84. The van der Waals surface area contributed by atoms with Gasteiger partial charge >= 0.3 is 0 Å². The molecule has 0 saturated carbocycles. The fourth-order valence-electron chi connectivity index (χ4n) is 2.78. The molecule has 0 aliphatic carbocycles. The number of benzene rings is 2. The van der Waals surface area contributed by atoms with Gasteiger partial charge in [0.25, 0.3) is 0 Å². The van der Waals surface area contributed by atoms with Crippen molar-refractivity contribution in [2.75, 3.05) is 5.32 Å². The maximum absolute atomic E-state index is 12.1. The lowest BCUT2D eigenvalue weighted by molar-refractivity contribution is -0.116. The van der Waals surface area contributed by atoms with Crippen molar-refractivity contribution in [3.8, 4) is 11.3 Å². The quantitative estimate of drug-likeness (QED) is 0.433. The van der Waals surface area contributed by atoms with Crippen LogP contribution >= 0.6 is 22.7 Å². The number of nitrogens with one attached hydrogen (secondary N) is 1. The summed E-state index contributed by atoms with van der Waals surface area (Å²) in [4.78, 5) is 29.3. The van der Waals surface area contributed by atoms with Crippen LogP contribution in [0.5, 0.6) is 0 Å². The van der Waals surface area contributed by atoms with Crippen LogP contribution in [-0.2, 0) is 4.79 Å². The van der Waals surface area contributed by atoms with E-state index in [9.17, 15) is 9.59 Å². The lowest BCUT2D eigenvalue weighted by atomic mass is 10.1. The number of rotatable bonds is 6. The van der Waals surface area contributed by atoms with Gasteiger partial charge in [0.2, 0.25) is 5.91 Å². The van der Waals surface area contributed by atoms with Crippen LogP contribution in [0.2, 0.25) is 0 Å². The molecule has 1 N–H and O–H groups in total. The van der Waals surface area contributed by atoms with E-state index in [4.69, 9.17) is 0 Å². The van der Waals surface area contributed by atoms with Gasteiger partial charge in [-0.3, -0.25) is 9.59 Å². The van der Waals surface area contributed by atoms with Gasteiger partial charge in [0, 0.05) is 23.8 Å². The minimum Gasteiger partial charge on any atom is -0.302 e. The van der Waals surface area contributed by atoms with Crippen LogP contribution in [0.4, 0.5) is 5.13 Å². The molecule has 4 rings (SSSR count). The SMILES string of the molecule is O=C(CCC(=O)c1cccs1)Nc1nc(-c2ccc3ccccc3c2)cs1. The molecular weight excluding hydrogens is 376 g/mol. The Morgan fingerprint density at radius 2 is 1.78 bits per heavy atom. The minimum atomic E-state index is -0.195. The maximum atomic E-state index is 12.1. The first-order chi connectivity index (χ1) is 13.2. The molecule has 27 heavy (non-hydrogen) atoms. The largest absolute Gasteiger partial charge is 0.302 e. The van der Waals surface area contributed by atoms with Gasteiger partial charge < -0.3 is 5.32 Å². The Morgan fingerprint density at radius 3 is 2.59 bits per heavy atom. The predicted molar refractivity (Wildman–Crippen MR) is 112 cm³/mol. The first-order valence-electron chi connectivity index (χ1n) is 8.50. The number of carbonyl (C=O) groups is 2. The fraction of sp³-hybridized carbons (Fsp3) is 0.0952. The number of anilines is 1. The first-order valence-corrected chi connectivity index (χ1v) is 10.3. The Kier molecular flexibility index (Phi) is 5.09. The summed E-state index contributed by atoms with van der Waals surface area (Å²) in [6.07, 6.45) is 0.358. The van der Waals surface area contributed by atoms with Gasteiger partial charge in [-0.1, -0.05) is 42.5 Å². The van der Waals surface area contributed by atoms with Crippen molar-refractivity contribution in [1.82, 2.24) is 4.98 Å². The second-order valence-electron chi connectivity index (χ2n) is 6.05. The normalized spacial score (nSPS) is 10.8. The van der Waals surface area contributed by atoms with E-state index in [1.54, 1.807) is 6.07 Å². The van der Waals surface area contributed by atoms with Crippen LogP contribution < -0.4 is 5.32 Å². The second-order valence-corrected chi connectivity index (χ2v) is 7.85. The summed E-state index contributed by atoms with van der Waals surface area (Å²) in [5.74, 6) is -0.199. The molecule has 4 aromatic rings. The molecule has 0 radical (unpaired) electrons. The van der Waals surface area contributed by atoms with E-state index < -0.39 is 0 Å². The molecule has 1 amide bonds. The van der Waals surface area contributed by atoms with E-state index in [2.05, 4.69) is 34.6 Å². The number of hydrogen-bond donors (Lipinski definition) is 1. The van der Waals surface area contributed by atoms with E-state index in [0.29, 0.717) is 10.0 Å². The number of thiazole rings is 1. The number of fused-ring (bicyclic) bond motifs is 1. The Bertz CT molecular complexity index is 1100. The Balaban J connectivity index is 1.39. The van der Waals surface area contributed by atoms with Crippen LogP contribution in [0.3, 0.4) is 0 Å². The molecule has 0 aliphatic heterocycles. The molecule has 0 aliphatic rings. The van der Waals surface area contributed by atoms with E-state index >= 15 is 0 Å². The van der Waals surface area contributed by atoms with Crippen LogP contribution in [0.1, 0.15) is 22.5 Å². The van der Waals surface area contributed by atoms with Crippen molar-refractivity contribution >= 4 is 50.3 Å². The van der Waals surface area contributed by atoms with Gasteiger partial charge in [-0.15, -0.1) is 22.7 Å². The minimum absolute atomic E-state index is 0.00357. The molecule has 2 heterocycles. The van der Waals surface area contributed by atoms with E-state index in [-0.39, 0.29) is 24.5 Å². The van der Waals surface area contributed by atoms with Crippen molar-refractivity contribution < 1.29 is 9.59 Å². The lowest BCUT2D eigenvalue weighted by Gasteiger charge is -2.02. The molecule has 134 valence electrons.